The predicted molar refractivity (Wildman–Crippen MR) is 83.3 cm³/mol. The number of hydrogen-bond acceptors (Lipinski definition) is 4. The van der Waals surface area contributed by atoms with Gasteiger partial charge in [-0.25, -0.2) is 32.9 Å². The summed E-state index contributed by atoms with van der Waals surface area (Å²) in [4.78, 5) is 26.2. The van der Waals surface area contributed by atoms with E-state index in [0.29, 0.717) is 6.07 Å². The number of imidazole rings is 1. The molecule has 0 atom stereocenters. The van der Waals surface area contributed by atoms with Crippen molar-refractivity contribution in [2.24, 2.45) is 0 Å². The van der Waals surface area contributed by atoms with Gasteiger partial charge in [-0.15, -0.1) is 0 Å². The number of fused-ring (bicyclic) bond motifs is 1. The van der Waals surface area contributed by atoms with Crippen LogP contribution in [-0.2, 0) is 0 Å². The van der Waals surface area contributed by atoms with E-state index in [-0.39, 0.29) is 33.8 Å². The van der Waals surface area contributed by atoms with Crippen molar-refractivity contribution in [3.05, 3.63) is 60.1 Å². The molecule has 26 heavy (non-hydrogen) atoms. The van der Waals surface area contributed by atoms with Crippen LogP contribution in [0.4, 0.5) is 13.2 Å². The highest BCUT2D eigenvalue weighted by atomic mass is 19.2. The number of carboxylic acids is 1. The van der Waals surface area contributed by atoms with Gasteiger partial charge in [0.25, 0.3) is 0 Å². The summed E-state index contributed by atoms with van der Waals surface area (Å²) in [6, 6.07) is 1.27. The number of nitrogens with one attached hydrogen (secondary N) is 1. The van der Waals surface area contributed by atoms with Crippen LogP contribution in [0.25, 0.3) is 28.2 Å². The molecule has 7 nitrogen and oxygen atoms in total. The second kappa shape index (κ2) is 5.69. The summed E-state index contributed by atoms with van der Waals surface area (Å²) in [5.74, 6) is -4.66. The minimum atomic E-state index is -1.32. The molecule has 10 heteroatoms. The number of rotatable bonds is 3. The van der Waals surface area contributed by atoms with Crippen LogP contribution in [0.3, 0.4) is 0 Å². The molecule has 0 amide bonds. The van der Waals surface area contributed by atoms with E-state index >= 15 is 0 Å². The zero-order chi connectivity index (χ0) is 18.4. The van der Waals surface area contributed by atoms with E-state index < -0.39 is 23.4 Å². The van der Waals surface area contributed by atoms with Gasteiger partial charge in [-0.05, 0) is 0 Å². The van der Waals surface area contributed by atoms with Crippen molar-refractivity contribution in [2.45, 2.75) is 0 Å². The molecule has 0 spiro atoms. The van der Waals surface area contributed by atoms with Crippen molar-refractivity contribution < 1.29 is 23.1 Å². The van der Waals surface area contributed by atoms with Crippen LogP contribution in [0.1, 0.15) is 10.4 Å². The molecule has 0 bridgehead atoms. The van der Waals surface area contributed by atoms with Crippen molar-refractivity contribution in [1.82, 2.24) is 24.5 Å². The number of halogens is 3. The van der Waals surface area contributed by atoms with Gasteiger partial charge < -0.3 is 14.7 Å². The average Bonchev–Trinajstić information content (AvgIpc) is 3.24. The summed E-state index contributed by atoms with van der Waals surface area (Å²) < 4.78 is 41.7. The van der Waals surface area contributed by atoms with Crippen molar-refractivity contribution in [3.8, 4) is 17.1 Å². The molecule has 3 aromatic heterocycles. The lowest BCUT2D eigenvalue weighted by atomic mass is 10.2. The highest BCUT2D eigenvalue weighted by Gasteiger charge is 2.17. The van der Waals surface area contributed by atoms with Gasteiger partial charge in [0.2, 0.25) is 0 Å². The lowest BCUT2D eigenvalue weighted by Gasteiger charge is -2.04. The third-order valence-corrected chi connectivity index (χ3v) is 3.71. The molecule has 4 aromatic rings. The molecular formula is C16H8F3N5O2. The van der Waals surface area contributed by atoms with Gasteiger partial charge in [-0.2, -0.15) is 0 Å². The Morgan fingerprint density at radius 1 is 1.15 bits per heavy atom. The Kier molecular flexibility index (Phi) is 3.46. The molecule has 0 aliphatic heterocycles. The number of benzene rings is 1. The van der Waals surface area contributed by atoms with E-state index in [1.165, 1.54) is 18.6 Å². The highest BCUT2D eigenvalue weighted by Crippen LogP contribution is 2.23. The van der Waals surface area contributed by atoms with Gasteiger partial charge in [0.1, 0.15) is 34.6 Å². The highest BCUT2D eigenvalue weighted by molar-refractivity contribution is 6.00. The summed E-state index contributed by atoms with van der Waals surface area (Å²) in [6.45, 7) is 0. The molecule has 0 aliphatic rings. The second-order valence-electron chi connectivity index (χ2n) is 5.35. The predicted octanol–water partition coefficient (Wildman–Crippen LogP) is 2.93. The van der Waals surface area contributed by atoms with E-state index in [0.717, 1.165) is 17.0 Å². The van der Waals surface area contributed by atoms with Crippen LogP contribution in [0.15, 0.2) is 37.1 Å². The Morgan fingerprint density at radius 2 is 1.96 bits per heavy atom. The first kappa shape index (κ1) is 15.8. The number of carbonyl (C=O) groups is 1. The minimum Gasteiger partial charge on any atom is -0.478 e. The number of nitrogens with zero attached hydrogens (tertiary/aromatic N) is 4. The number of carboxylic acid groups (broad SMARTS) is 1. The number of aromatic carboxylic acids is 1. The Labute approximate surface area is 142 Å². The molecular weight excluding hydrogens is 351 g/mol. The molecule has 130 valence electrons. The molecule has 1 aromatic carbocycles. The van der Waals surface area contributed by atoms with Crippen LogP contribution in [0.5, 0.6) is 0 Å². The molecule has 0 unspecified atom stereocenters. The first-order chi connectivity index (χ1) is 12.4. The van der Waals surface area contributed by atoms with Crippen molar-refractivity contribution in [3.63, 3.8) is 0 Å². The van der Waals surface area contributed by atoms with E-state index in [4.69, 9.17) is 5.11 Å². The smallest absolute Gasteiger partial charge is 0.339 e. The molecule has 2 N–H and O–H groups in total. The maximum Gasteiger partial charge on any atom is 0.339 e. The zero-order valence-electron chi connectivity index (χ0n) is 12.7. The SMILES string of the molecule is O=C(O)c1c[nH]c2ncc(-c3cn(-c4cc(F)cc(F)c4F)cn3)nc12. The maximum atomic E-state index is 13.9. The molecule has 0 aliphatic carbocycles. The first-order valence-corrected chi connectivity index (χ1v) is 7.20. The lowest BCUT2D eigenvalue weighted by Crippen LogP contribution is -1.99. The van der Waals surface area contributed by atoms with Crippen molar-refractivity contribution in [1.29, 1.82) is 0 Å². The Hall–Kier alpha value is -3.69. The number of H-pyrrole nitrogens is 1. The van der Waals surface area contributed by atoms with Crippen molar-refractivity contribution in [2.75, 3.05) is 0 Å². The van der Waals surface area contributed by atoms with Gasteiger partial charge in [0, 0.05) is 24.5 Å². The number of aromatic nitrogens is 5. The maximum absolute atomic E-state index is 13.9. The molecule has 3 heterocycles. The van der Waals surface area contributed by atoms with Crippen LogP contribution in [-0.4, -0.2) is 35.6 Å². The van der Waals surface area contributed by atoms with E-state index in [1.54, 1.807) is 0 Å². The minimum absolute atomic E-state index is 0.0629. The Morgan fingerprint density at radius 3 is 2.73 bits per heavy atom. The fourth-order valence-electron chi connectivity index (χ4n) is 2.49. The van der Waals surface area contributed by atoms with Gasteiger partial charge in [-0.1, -0.05) is 0 Å². The first-order valence-electron chi connectivity index (χ1n) is 7.20. The normalized spacial score (nSPS) is 11.2. The van der Waals surface area contributed by atoms with Crippen LogP contribution >= 0.6 is 0 Å². The summed E-state index contributed by atoms with van der Waals surface area (Å²) in [5.41, 5.74) is 0.434. The summed E-state index contributed by atoms with van der Waals surface area (Å²) >= 11 is 0. The zero-order valence-corrected chi connectivity index (χ0v) is 12.7. The van der Waals surface area contributed by atoms with Crippen LogP contribution in [0, 0.1) is 17.5 Å². The molecule has 0 radical (unpaired) electrons. The van der Waals surface area contributed by atoms with Gasteiger partial charge in [0.15, 0.2) is 17.3 Å². The molecule has 0 saturated carbocycles. The summed E-state index contributed by atoms with van der Waals surface area (Å²) in [5, 5.41) is 9.15. The summed E-state index contributed by atoms with van der Waals surface area (Å²) in [7, 11) is 0. The van der Waals surface area contributed by atoms with Crippen molar-refractivity contribution >= 4 is 17.1 Å². The Bertz CT molecular complexity index is 1170. The van der Waals surface area contributed by atoms with E-state index in [9.17, 15) is 18.0 Å². The molecule has 0 fully saturated rings. The van der Waals surface area contributed by atoms with Gasteiger partial charge in [-0.3, -0.25) is 0 Å². The standard InChI is InChI=1S/C16H8F3N5O2/c17-7-1-9(18)13(19)12(2-7)24-5-11(22-6-24)10-4-21-15-14(23-10)8(3-20-15)16(25)26/h1-6H,(H,20,21)(H,25,26). The van der Waals surface area contributed by atoms with E-state index in [1.807, 2.05) is 0 Å². The quantitative estimate of drug-likeness (QED) is 0.548. The number of hydrogen-bond donors (Lipinski definition) is 2. The van der Waals surface area contributed by atoms with Gasteiger partial charge in [0.05, 0.1) is 11.9 Å². The molecule has 0 saturated heterocycles. The Balaban J connectivity index is 1.80. The average molecular weight is 359 g/mol. The van der Waals surface area contributed by atoms with Crippen LogP contribution < -0.4 is 0 Å². The van der Waals surface area contributed by atoms with Crippen LogP contribution in [0.2, 0.25) is 0 Å². The monoisotopic (exact) mass is 359 g/mol. The largest absolute Gasteiger partial charge is 0.478 e. The van der Waals surface area contributed by atoms with Gasteiger partial charge >= 0.3 is 5.97 Å². The fraction of sp³-hybridized carbons (Fsp3) is 0. The summed E-state index contributed by atoms with van der Waals surface area (Å²) in [6.07, 6.45) is 5.08. The molecule has 4 rings (SSSR count). The third-order valence-electron chi connectivity index (χ3n) is 3.71. The second-order valence-corrected chi connectivity index (χ2v) is 5.35. The third kappa shape index (κ3) is 2.48. The topological polar surface area (TPSA) is 96.7 Å². The fourth-order valence-corrected chi connectivity index (χ4v) is 2.49. The van der Waals surface area contributed by atoms with E-state index in [2.05, 4.69) is 19.9 Å². The lowest BCUT2D eigenvalue weighted by molar-refractivity contribution is 0.0699. The number of aromatic amines is 1.